The Morgan fingerprint density at radius 3 is 1.25 bits per heavy atom. The number of thioether (sulfide) groups is 2. The Bertz CT molecular complexity index is 622. The molecule has 4 nitrogen and oxygen atoms in total. The fourth-order valence-corrected chi connectivity index (χ4v) is 6.68. The minimum absolute atomic E-state index is 0.107. The Hall–Kier alpha value is -0.226. The number of hydrogen-bond acceptors (Lipinski definition) is 6. The molecule has 1 aliphatic rings. The minimum Gasteiger partial charge on any atom is -0.416 e. The average Bonchev–Trinajstić information content (AvgIpc) is 2.55. The van der Waals surface area contributed by atoms with E-state index in [1.165, 1.54) is 23.5 Å². The predicted molar refractivity (Wildman–Crippen MR) is 127 cm³/mol. The summed E-state index contributed by atoms with van der Waals surface area (Å²) < 4.78 is 12.9. The lowest BCUT2D eigenvalue weighted by atomic mass is 10.2. The molecule has 8 heteroatoms. The highest BCUT2D eigenvalue weighted by Crippen LogP contribution is 2.45. The molecule has 0 spiro atoms. The molecule has 0 saturated carbocycles. The Balaban J connectivity index is 3.01. The van der Waals surface area contributed by atoms with E-state index < -0.39 is 16.6 Å². The summed E-state index contributed by atoms with van der Waals surface area (Å²) in [5.41, 5.74) is 0. The maximum atomic E-state index is 9.47. The number of hydrogen-bond donors (Lipinski definition) is 0. The normalized spacial score (nSPS) is 22.0. The van der Waals surface area contributed by atoms with E-state index in [1.54, 1.807) is 0 Å². The fraction of sp³-hybridized carbons (Fsp3) is 0.800. The standard InChI is InChI=1S/C20H36N2O2S2Si2/c1-19(2,3)27(7,8)23-13-17-18(14-24-28(9,10)20(4,5)6)26-16(12-22)15(11-21)25-17/h17-18H,13-14H2,1-10H3/t17-,18-/m1/s1. The molecule has 0 aromatic heterocycles. The zero-order valence-electron chi connectivity index (χ0n) is 19.1. The molecule has 0 bridgehead atoms. The van der Waals surface area contributed by atoms with Gasteiger partial charge in [-0.3, -0.25) is 0 Å². The van der Waals surface area contributed by atoms with Crippen LogP contribution < -0.4 is 0 Å². The smallest absolute Gasteiger partial charge is 0.192 e. The van der Waals surface area contributed by atoms with Crippen LogP contribution in [0.15, 0.2) is 9.81 Å². The van der Waals surface area contributed by atoms with Crippen LogP contribution in [0.4, 0.5) is 0 Å². The van der Waals surface area contributed by atoms with Crippen LogP contribution in [0.5, 0.6) is 0 Å². The molecule has 1 heterocycles. The highest BCUT2D eigenvalue weighted by atomic mass is 32.2. The summed E-state index contributed by atoms with van der Waals surface area (Å²) >= 11 is 2.98. The van der Waals surface area contributed by atoms with Crippen LogP contribution in [0.2, 0.25) is 36.3 Å². The third-order valence-electron chi connectivity index (χ3n) is 6.19. The monoisotopic (exact) mass is 456 g/mol. The SMILES string of the molecule is CC(C)(C)[Si](C)(C)OC[C@H]1SC(C#N)=C(C#N)S[C@@H]1CO[Si](C)(C)C(C)(C)C. The molecule has 0 aromatic rings. The van der Waals surface area contributed by atoms with E-state index in [-0.39, 0.29) is 20.6 Å². The van der Waals surface area contributed by atoms with Gasteiger partial charge in [-0.15, -0.1) is 23.5 Å². The van der Waals surface area contributed by atoms with Crippen molar-refractivity contribution in [3.05, 3.63) is 9.81 Å². The van der Waals surface area contributed by atoms with E-state index in [2.05, 4.69) is 79.9 Å². The molecule has 0 unspecified atom stereocenters. The molecule has 0 fully saturated rings. The molecule has 1 aliphatic heterocycles. The van der Waals surface area contributed by atoms with Crippen molar-refractivity contribution in [1.82, 2.24) is 0 Å². The first-order valence-electron chi connectivity index (χ1n) is 9.71. The third kappa shape index (κ3) is 6.39. The highest BCUT2D eigenvalue weighted by molar-refractivity contribution is 8.11. The van der Waals surface area contributed by atoms with E-state index >= 15 is 0 Å². The van der Waals surface area contributed by atoms with Crippen molar-refractivity contribution in [1.29, 1.82) is 10.5 Å². The van der Waals surface area contributed by atoms with Gasteiger partial charge in [0.15, 0.2) is 16.6 Å². The van der Waals surface area contributed by atoms with Crippen LogP contribution in [-0.4, -0.2) is 40.3 Å². The van der Waals surface area contributed by atoms with Crippen LogP contribution in [-0.2, 0) is 8.85 Å². The molecule has 2 atom stereocenters. The molecular formula is C20H36N2O2S2Si2. The second-order valence-corrected chi connectivity index (χ2v) is 22.5. The fourth-order valence-electron chi connectivity index (χ4n) is 2.01. The van der Waals surface area contributed by atoms with Crippen molar-refractivity contribution in [2.24, 2.45) is 0 Å². The number of rotatable bonds is 6. The third-order valence-corrected chi connectivity index (χ3v) is 18.1. The predicted octanol–water partition coefficient (Wildman–Crippen LogP) is 6.51. The molecule has 0 aliphatic carbocycles. The summed E-state index contributed by atoms with van der Waals surface area (Å²) in [5, 5.41) is 19.4. The maximum Gasteiger partial charge on any atom is 0.192 e. The first-order chi connectivity index (χ1) is 12.6. The van der Waals surface area contributed by atoms with E-state index in [9.17, 15) is 10.5 Å². The van der Waals surface area contributed by atoms with Gasteiger partial charge in [-0.25, -0.2) is 0 Å². The summed E-state index contributed by atoms with van der Waals surface area (Å²) in [4.78, 5) is 1.03. The van der Waals surface area contributed by atoms with Gasteiger partial charge in [0.05, 0.1) is 0 Å². The second kappa shape index (κ2) is 9.28. The van der Waals surface area contributed by atoms with Crippen molar-refractivity contribution < 1.29 is 8.85 Å². The summed E-state index contributed by atoms with van der Waals surface area (Å²) in [6.45, 7) is 23.5. The van der Waals surface area contributed by atoms with Gasteiger partial charge in [-0.2, -0.15) is 10.5 Å². The van der Waals surface area contributed by atoms with Gasteiger partial charge >= 0.3 is 0 Å². The Morgan fingerprint density at radius 2 is 1.04 bits per heavy atom. The van der Waals surface area contributed by atoms with Crippen LogP contribution in [0.1, 0.15) is 41.5 Å². The van der Waals surface area contributed by atoms with Crippen molar-refractivity contribution in [3.63, 3.8) is 0 Å². The molecule has 0 N–H and O–H groups in total. The zero-order valence-corrected chi connectivity index (χ0v) is 22.7. The first-order valence-corrected chi connectivity index (χ1v) is 17.3. The molecule has 0 aromatic carbocycles. The number of allylic oxidation sites excluding steroid dienone is 2. The summed E-state index contributed by atoms with van der Waals surface area (Å²) in [6.07, 6.45) is 0. The van der Waals surface area contributed by atoms with Gasteiger partial charge in [-0.1, -0.05) is 41.5 Å². The Morgan fingerprint density at radius 1 is 0.750 bits per heavy atom. The topological polar surface area (TPSA) is 66.0 Å². The minimum atomic E-state index is -1.88. The molecule has 0 radical (unpaired) electrons. The van der Waals surface area contributed by atoms with Gasteiger partial charge in [0, 0.05) is 23.7 Å². The number of nitrogens with zero attached hydrogens (tertiary/aromatic N) is 2. The van der Waals surface area contributed by atoms with E-state index in [1.807, 2.05) is 0 Å². The van der Waals surface area contributed by atoms with E-state index in [4.69, 9.17) is 8.85 Å². The zero-order chi connectivity index (χ0) is 22.0. The van der Waals surface area contributed by atoms with Crippen LogP contribution in [0, 0.1) is 22.7 Å². The van der Waals surface area contributed by atoms with Gasteiger partial charge in [0.2, 0.25) is 0 Å². The largest absolute Gasteiger partial charge is 0.416 e. The molecule has 158 valence electrons. The van der Waals surface area contributed by atoms with Gasteiger partial charge < -0.3 is 8.85 Å². The van der Waals surface area contributed by atoms with Gasteiger partial charge in [-0.05, 0) is 36.3 Å². The van der Waals surface area contributed by atoms with Gasteiger partial charge in [0.1, 0.15) is 21.9 Å². The molecule has 0 amide bonds. The lowest BCUT2D eigenvalue weighted by Gasteiger charge is -2.40. The summed E-state index contributed by atoms with van der Waals surface area (Å²) in [6, 6.07) is 4.40. The summed E-state index contributed by atoms with van der Waals surface area (Å²) in [5.74, 6) is 0. The van der Waals surface area contributed by atoms with Crippen molar-refractivity contribution >= 4 is 40.2 Å². The van der Waals surface area contributed by atoms with Gasteiger partial charge in [0.25, 0.3) is 0 Å². The Labute approximate surface area is 182 Å². The molecule has 28 heavy (non-hydrogen) atoms. The second-order valence-electron chi connectivity index (χ2n) is 10.3. The molecular weight excluding hydrogens is 421 g/mol. The van der Waals surface area contributed by atoms with Crippen LogP contribution in [0.25, 0.3) is 0 Å². The number of nitriles is 2. The lowest BCUT2D eigenvalue weighted by Crippen LogP contribution is -2.46. The quantitative estimate of drug-likeness (QED) is 0.425. The van der Waals surface area contributed by atoms with E-state index in [0.717, 1.165) is 0 Å². The molecule has 0 saturated heterocycles. The van der Waals surface area contributed by atoms with Crippen molar-refractivity contribution in [3.8, 4) is 12.1 Å². The first kappa shape index (κ1) is 25.8. The van der Waals surface area contributed by atoms with Crippen LogP contribution in [0.3, 0.4) is 0 Å². The van der Waals surface area contributed by atoms with Crippen molar-refractivity contribution in [2.75, 3.05) is 13.2 Å². The highest BCUT2D eigenvalue weighted by Gasteiger charge is 2.42. The molecule has 1 rings (SSSR count). The van der Waals surface area contributed by atoms with Crippen molar-refractivity contribution in [2.45, 2.75) is 88.3 Å². The Kier molecular flexibility index (Phi) is 8.56. The average molecular weight is 457 g/mol. The maximum absolute atomic E-state index is 9.47. The lowest BCUT2D eigenvalue weighted by molar-refractivity contribution is 0.251. The summed E-state index contributed by atoms with van der Waals surface area (Å²) in [7, 11) is -3.77. The van der Waals surface area contributed by atoms with Crippen LogP contribution >= 0.6 is 23.5 Å². The van der Waals surface area contributed by atoms with E-state index in [0.29, 0.717) is 23.0 Å².